The Bertz CT molecular complexity index is 1700. The van der Waals surface area contributed by atoms with E-state index < -0.39 is 27.5 Å². The van der Waals surface area contributed by atoms with Crippen LogP contribution in [0.3, 0.4) is 0 Å². The molecule has 3 aromatic heterocycles. The quantitative estimate of drug-likeness (QED) is 0.146. The Labute approximate surface area is 282 Å². The van der Waals surface area contributed by atoms with Crippen LogP contribution in [0.5, 0.6) is 5.88 Å². The third-order valence-electron chi connectivity index (χ3n) is 8.49. The van der Waals surface area contributed by atoms with Gasteiger partial charge >= 0.3 is 6.18 Å². The number of halogens is 5. The number of aryl methyl sites for hydroxylation is 1. The molecule has 0 bridgehead atoms. The van der Waals surface area contributed by atoms with E-state index in [0.29, 0.717) is 18.3 Å². The summed E-state index contributed by atoms with van der Waals surface area (Å²) in [5.74, 6) is 0.278. The summed E-state index contributed by atoms with van der Waals surface area (Å²) in [6, 6.07) is 7.07. The molecule has 11 nitrogen and oxygen atoms in total. The normalized spacial score (nSPS) is 18.3. The molecule has 1 atom stereocenters. The number of aromatic nitrogens is 4. The monoisotopic (exact) mass is 719 g/mol. The van der Waals surface area contributed by atoms with Crippen molar-refractivity contribution in [3.63, 3.8) is 0 Å². The number of sulfonamides is 1. The van der Waals surface area contributed by atoms with E-state index in [2.05, 4.69) is 39.5 Å². The molecule has 47 heavy (non-hydrogen) atoms. The zero-order chi connectivity index (χ0) is 33.3. The predicted molar refractivity (Wildman–Crippen MR) is 173 cm³/mol. The molecule has 258 valence electrons. The Kier molecular flexibility index (Phi) is 11.0. The highest BCUT2D eigenvalue weighted by Crippen LogP contribution is 2.59. The van der Waals surface area contributed by atoms with E-state index in [1.165, 1.54) is 35.1 Å². The Balaban J connectivity index is 0.00000500. The minimum Gasteiger partial charge on any atom is -0.477 e. The summed E-state index contributed by atoms with van der Waals surface area (Å²) in [6.07, 6.45) is 0.273. The molecule has 4 heterocycles. The van der Waals surface area contributed by atoms with Crippen LogP contribution in [0.2, 0.25) is 5.15 Å². The van der Waals surface area contributed by atoms with E-state index in [4.69, 9.17) is 16.3 Å². The number of rotatable bonds is 13. The van der Waals surface area contributed by atoms with Gasteiger partial charge in [0.15, 0.2) is 10.8 Å². The van der Waals surface area contributed by atoms with E-state index in [9.17, 15) is 26.4 Å². The van der Waals surface area contributed by atoms with E-state index in [1.807, 2.05) is 11.6 Å². The number of pyridine rings is 2. The van der Waals surface area contributed by atoms with Crippen LogP contribution in [0.15, 0.2) is 41.6 Å². The lowest BCUT2D eigenvalue weighted by Gasteiger charge is -2.18. The van der Waals surface area contributed by atoms with E-state index in [-0.39, 0.29) is 71.3 Å². The lowest BCUT2D eigenvalue weighted by atomic mass is 9.94. The second-order valence-corrected chi connectivity index (χ2v) is 14.6. The average Bonchev–Trinajstić information content (AvgIpc) is 3.49. The van der Waals surface area contributed by atoms with Crippen molar-refractivity contribution in [1.82, 2.24) is 29.8 Å². The number of carbonyl (C=O) groups is 1. The smallest absolute Gasteiger partial charge is 0.394 e. The van der Waals surface area contributed by atoms with Crippen molar-refractivity contribution in [3.05, 3.63) is 52.8 Å². The Morgan fingerprint density at radius 2 is 1.91 bits per heavy atom. The van der Waals surface area contributed by atoms with Crippen molar-refractivity contribution in [3.8, 4) is 11.7 Å². The zero-order valence-electron chi connectivity index (χ0n) is 26.2. The van der Waals surface area contributed by atoms with Crippen LogP contribution in [0.4, 0.5) is 19.0 Å². The Hall–Kier alpha value is -3.14. The van der Waals surface area contributed by atoms with Crippen LogP contribution >= 0.6 is 24.0 Å². The van der Waals surface area contributed by atoms with Gasteiger partial charge in [0.05, 0.1) is 17.6 Å². The van der Waals surface area contributed by atoms with Crippen LogP contribution in [0, 0.1) is 18.3 Å². The highest BCUT2D eigenvalue weighted by Gasteiger charge is 2.62. The molecule has 1 aliphatic carbocycles. The summed E-state index contributed by atoms with van der Waals surface area (Å²) < 4.78 is 74.2. The number of carbonyl (C=O) groups excluding carboxylic acids is 1. The average molecular weight is 721 g/mol. The molecule has 1 unspecified atom stereocenters. The molecule has 1 aliphatic heterocycles. The van der Waals surface area contributed by atoms with Gasteiger partial charge in [-0.1, -0.05) is 17.7 Å². The molecule has 3 aromatic rings. The van der Waals surface area contributed by atoms with Crippen molar-refractivity contribution >= 4 is 45.8 Å². The van der Waals surface area contributed by atoms with Crippen LogP contribution in [0.1, 0.15) is 68.3 Å². The number of alkyl halides is 3. The number of hydrogen-bond acceptors (Lipinski definition) is 9. The number of nitrogens with zero attached hydrogens (tertiary/aromatic N) is 4. The van der Waals surface area contributed by atoms with Crippen molar-refractivity contribution in [2.24, 2.45) is 11.3 Å². The number of amides is 1. The highest BCUT2D eigenvalue weighted by molar-refractivity contribution is 7.90. The SMILES string of the molecule is Cc1ccc(S(=O)(=O)NC(=O)c2ccc(-n3ccc(OCCC4(C(F)(F)F)CC4)n3)nc2Cl)nc1NCCCC1CNC(C)(C)C1.Cl. The summed E-state index contributed by atoms with van der Waals surface area (Å²) in [6.45, 7) is 7.65. The van der Waals surface area contributed by atoms with Crippen molar-refractivity contribution in [2.75, 3.05) is 25.0 Å². The third-order valence-corrected chi connectivity index (χ3v) is 10.0. The molecular weight excluding hydrogens is 682 g/mol. The second-order valence-electron chi connectivity index (χ2n) is 12.6. The second kappa shape index (κ2) is 14.1. The van der Waals surface area contributed by atoms with Gasteiger partial charge in [-0.2, -0.15) is 21.6 Å². The van der Waals surface area contributed by atoms with Gasteiger partial charge < -0.3 is 15.4 Å². The number of nitrogens with one attached hydrogen (secondary N) is 3. The van der Waals surface area contributed by atoms with Crippen molar-refractivity contribution in [2.45, 2.75) is 76.0 Å². The fourth-order valence-corrected chi connectivity index (χ4v) is 6.72. The molecule has 2 fully saturated rings. The first-order valence-corrected chi connectivity index (χ1v) is 16.9. The number of ether oxygens (including phenoxy) is 1. The van der Waals surface area contributed by atoms with Gasteiger partial charge in [0.1, 0.15) is 11.0 Å². The summed E-state index contributed by atoms with van der Waals surface area (Å²) >= 11 is 6.24. The Morgan fingerprint density at radius 1 is 1.17 bits per heavy atom. The van der Waals surface area contributed by atoms with E-state index in [0.717, 1.165) is 31.4 Å². The first-order valence-electron chi connectivity index (χ1n) is 15.0. The topological polar surface area (TPSA) is 140 Å². The van der Waals surface area contributed by atoms with Crippen molar-refractivity contribution < 1.29 is 31.1 Å². The third kappa shape index (κ3) is 8.86. The van der Waals surface area contributed by atoms with Gasteiger partial charge in [0, 0.05) is 24.3 Å². The molecular formula is C30H38Cl2F3N7O4S. The summed E-state index contributed by atoms with van der Waals surface area (Å²) in [4.78, 5) is 21.3. The number of anilines is 1. The fraction of sp³-hybridized carbons (Fsp3) is 0.533. The molecule has 0 spiro atoms. The van der Waals surface area contributed by atoms with Gasteiger partial charge in [-0.3, -0.25) is 4.79 Å². The largest absolute Gasteiger partial charge is 0.477 e. The maximum absolute atomic E-state index is 13.1. The minimum atomic E-state index is -4.35. The first-order chi connectivity index (χ1) is 21.6. The molecule has 0 radical (unpaired) electrons. The summed E-state index contributed by atoms with van der Waals surface area (Å²) in [5.41, 5.74) is -0.961. The fourth-order valence-electron chi connectivity index (χ4n) is 5.57. The van der Waals surface area contributed by atoms with Crippen LogP contribution < -0.4 is 20.1 Å². The van der Waals surface area contributed by atoms with E-state index >= 15 is 0 Å². The summed E-state index contributed by atoms with van der Waals surface area (Å²) in [5, 5.41) is 10.3. The Morgan fingerprint density at radius 3 is 2.55 bits per heavy atom. The van der Waals surface area contributed by atoms with Gasteiger partial charge in [-0.15, -0.1) is 17.5 Å². The molecule has 17 heteroatoms. The van der Waals surface area contributed by atoms with Crippen LogP contribution in [-0.2, 0) is 10.0 Å². The molecule has 1 amide bonds. The zero-order valence-corrected chi connectivity index (χ0v) is 28.5. The maximum atomic E-state index is 13.1. The maximum Gasteiger partial charge on any atom is 0.394 e. The lowest BCUT2D eigenvalue weighted by Crippen LogP contribution is -2.31. The van der Waals surface area contributed by atoms with Gasteiger partial charge in [0.2, 0.25) is 5.88 Å². The van der Waals surface area contributed by atoms with Gasteiger partial charge in [0.25, 0.3) is 15.9 Å². The van der Waals surface area contributed by atoms with E-state index in [1.54, 1.807) is 6.07 Å². The van der Waals surface area contributed by atoms with Crippen molar-refractivity contribution in [1.29, 1.82) is 0 Å². The molecule has 3 N–H and O–H groups in total. The van der Waals surface area contributed by atoms with Crippen LogP contribution in [0.25, 0.3) is 5.82 Å². The first kappa shape index (κ1) is 36.7. The standard InChI is InChI=1S/C30H37ClF3N7O4S.ClH/c1-19-6-9-24(38-26(19)35-14-4-5-20-17-28(2,3)36-18-20)46(43,44)40-27(42)21-7-8-22(37-25(21)31)41-15-10-23(39-41)45-16-13-29(11-12-29)30(32,33)34;/h6-10,15,20,36H,4-5,11-14,16-18H2,1-3H3,(H,35,38)(H,40,42);1H. The lowest BCUT2D eigenvalue weighted by molar-refractivity contribution is -0.190. The van der Waals surface area contributed by atoms with Crippen LogP contribution in [-0.4, -0.2) is 65.5 Å². The predicted octanol–water partition coefficient (Wildman–Crippen LogP) is 5.86. The van der Waals surface area contributed by atoms with Gasteiger partial charge in [-0.25, -0.2) is 19.4 Å². The highest BCUT2D eigenvalue weighted by atomic mass is 35.5. The molecule has 5 rings (SSSR count). The van der Waals surface area contributed by atoms with Gasteiger partial charge in [-0.05, 0) is 95.5 Å². The molecule has 2 aliphatic rings. The minimum absolute atomic E-state index is 0. The number of hydrogen-bond donors (Lipinski definition) is 3. The molecule has 1 saturated carbocycles. The summed E-state index contributed by atoms with van der Waals surface area (Å²) in [7, 11) is -4.35. The molecule has 1 saturated heterocycles. The molecule has 0 aromatic carbocycles.